The van der Waals surface area contributed by atoms with Crippen LogP contribution in [-0.4, -0.2) is 12.5 Å². The Morgan fingerprint density at radius 2 is 1.78 bits per heavy atom. The third kappa shape index (κ3) is 4.27. The zero-order valence-electron chi connectivity index (χ0n) is 5.20. The molecule has 4 heteroatoms. The van der Waals surface area contributed by atoms with Crippen molar-refractivity contribution in [3.63, 3.8) is 0 Å². The first kappa shape index (κ1) is 8.75. The molecule has 55 valence electrons. The van der Waals surface area contributed by atoms with Crippen LogP contribution in [0, 0.1) is 6.36 Å². The van der Waals surface area contributed by atoms with Crippen molar-refractivity contribution in [1.82, 2.24) is 0 Å². The summed E-state index contributed by atoms with van der Waals surface area (Å²) in [6.45, 7) is 2.95. The van der Waals surface area contributed by atoms with Gasteiger partial charge in [0, 0.05) is 0 Å². The summed E-state index contributed by atoms with van der Waals surface area (Å²) < 4.78 is 38.2. The molecule has 0 saturated heterocycles. The van der Waals surface area contributed by atoms with E-state index in [4.69, 9.17) is 0 Å². The van der Waals surface area contributed by atoms with Gasteiger partial charge in [-0.05, 0) is 13.8 Å². The Kier molecular flexibility index (Phi) is 3.61. The molecule has 0 amide bonds. The maximum absolute atomic E-state index is 11.7. The van der Waals surface area contributed by atoms with Gasteiger partial charge < -0.3 is 4.74 Å². The molecule has 0 aromatic carbocycles. The average Bonchev–Trinajstić information content (AvgIpc) is 1.63. The standard InChI is InChI=1S/C5H8F3O/c1-3(2)9-5(8)4(6)7/h3-4H,1-2H3. The minimum atomic E-state index is -3.12. The number of rotatable bonds is 3. The monoisotopic (exact) mass is 141 g/mol. The van der Waals surface area contributed by atoms with E-state index in [0.29, 0.717) is 0 Å². The van der Waals surface area contributed by atoms with Gasteiger partial charge in [0.05, 0.1) is 6.10 Å². The van der Waals surface area contributed by atoms with Crippen molar-refractivity contribution in [1.29, 1.82) is 0 Å². The lowest BCUT2D eigenvalue weighted by Gasteiger charge is -2.08. The number of halogens is 3. The van der Waals surface area contributed by atoms with Gasteiger partial charge in [-0.1, -0.05) is 0 Å². The molecule has 1 nitrogen and oxygen atoms in total. The molecule has 1 radical (unpaired) electrons. The smallest absolute Gasteiger partial charge is 0.334 e. The number of hydrogen-bond acceptors (Lipinski definition) is 1. The molecule has 0 aliphatic carbocycles. The molecule has 0 aromatic heterocycles. The van der Waals surface area contributed by atoms with Gasteiger partial charge in [-0.15, -0.1) is 0 Å². The van der Waals surface area contributed by atoms with Crippen molar-refractivity contribution in [3.8, 4) is 0 Å². The maximum atomic E-state index is 11.7. The quantitative estimate of drug-likeness (QED) is 0.585. The molecule has 0 N–H and O–H groups in total. The topological polar surface area (TPSA) is 9.23 Å². The number of hydrogen-bond donors (Lipinski definition) is 0. The molecular formula is C5H8F3O. The van der Waals surface area contributed by atoms with E-state index in [-0.39, 0.29) is 0 Å². The van der Waals surface area contributed by atoms with Crippen LogP contribution in [0.5, 0.6) is 0 Å². The minimum absolute atomic E-state index is 0.529. The summed E-state index contributed by atoms with van der Waals surface area (Å²) in [5.41, 5.74) is 0. The zero-order chi connectivity index (χ0) is 7.44. The molecule has 0 rings (SSSR count). The van der Waals surface area contributed by atoms with Crippen LogP contribution in [0.15, 0.2) is 0 Å². The van der Waals surface area contributed by atoms with E-state index in [9.17, 15) is 13.2 Å². The van der Waals surface area contributed by atoms with Gasteiger partial charge in [-0.25, -0.2) is 8.78 Å². The summed E-state index contributed by atoms with van der Waals surface area (Å²) in [6.07, 6.45) is -5.35. The van der Waals surface area contributed by atoms with Crippen molar-refractivity contribution in [2.45, 2.75) is 26.4 Å². The molecule has 0 aliphatic rings. The van der Waals surface area contributed by atoms with E-state index in [1.54, 1.807) is 0 Å². The van der Waals surface area contributed by atoms with Crippen LogP contribution in [0.3, 0.4) is 0 Å². The minimum Gasteiger partial charge on any atom is -0.334 e. The second-order valence-corrected chi connectivity index (χ2v) is 1.77. The van der Waals surface area contributed by atoms with E-state index in [0.717, 1.165) is 0 Å². The van der Waals surface area contributed by atoms with Crippen LogP contribution in [0.2, 0.25) is 0 Å². The lowest BCUT2D eigenvalue weighted by molar-refractivity contribution is -0.0626. The van der Waals surface area contributed by atoms with Crippen molar-refractivity contribution in [2.24, 2.45) is 0 Å². The second kappa shape index (κ2) is 3.71. The first-order valence-electron chi connectivity index (χ1n) is 2.51. The molecular weight excluding hydrogens is 133 g/mol. The van der Waals surface area contributed by atoms with Gasteiger partial charge in [-0.2, -0.15) is 4.39 Å². The summed E-state index contributed by atoms with van der Waals surface area (Å²) in [6, 6.07) is 0. The second-order valence-electron chi connectivity index (χ2n) is 1.77. The first-order valence-corrected chi connectivity index (χ1v) is 2.51. The van der Waals surface area contributed by atoms with Crippen molar-refractivity contribution < 1.29 is 17.9 Å². The largest absolute Gasteiger partial charge is 0.335 e. The van der Waals surface area contributed by atoms with Gasteiger partial charge in [0.1, 0.15) is 0 Å². The van der Waals surface area contributed by atoms with Crippen molar-refractivity contribution >= 4 is 0 Å². The van der Waals surface area contributed by atoms with E-state index in [1.165, 1.54) is 13.8 Å². The first-order chi connectivity index (χ1) is 4.04. The molecule has 9 heavy (non-hydrogen) atoms. The van der Waals surface area contributed by atoms with Gasteiger partial charge >= 0.3 is 12.8 Å². The number of ether oxygens (including phenoxy) is 1. The third-order valence-electron chi connectivity index (χ3n) is 0.520. The zero-order valence-corrected chi connectivity index (χ0v) is 5.20. The Labute approximate surface area is 51.8 Å². The highest BCUT2D eigenvalue weighted by molar-refractivity contribution is 4.66. The maximum Gasteiger partial charge on any atom is 0.335 e. The van der Waals surface area contributed by atoms with E-state index in [2.05, 4.69) is 4.74 Å². The SMILES string of the molecule is CC(C)O[C](F)C(F)F. The van der Waals surface area contributed by atoms with Crippen molar-refractivity contribution in [2.75, 3.05) is 0 Å². The Balaban J connectivity index is 3.38. The van der Waals surface area contributed by atoms with Gasteiger partial charge in [0.15, 0.2) is 0 Å². The lowest BCUT2D eigenvalue weighted by Crippen LogP contribution is -2.12. The third-order valence-corrected chi connectivity index (χ3v) is 0.520. The van der Waals surface area contributed by atoms with E-state index in [1.807, 2.05) is 0 Å². The van der Waals surface area contributed by atoms with Gasteiger partial charge in [0.25, 0.3) is 0 Å². The fraction of sp³-hybridized carbons (Fsp3) is 0.800. The van der Waals surface area contributed by atoms with E-state index < -0.39 is 18.9 Å². The molecule has 0 aromatic rings. The highest BCUT2D eigenvalue weighted by Gasteiger charge is 2.23. The molecule has 0 atom stereocenters. The fourth-order valence-corrected chi connectivity index (χ4v) is 0.277. The Morgan fingerprint density at radius 3 is 1.89 bits per heavy atom. The predicted molar refractivity (Wildman–Crippen MR) is 26.6 cm³/mol. The van der Waals surface area contributed by atoms with Crippen LogP contribution in [-0.2, 0) is 4.74 Å². The summed E-state index contributed by atoms with van der Waals surface area (Å²) in [4.78, 5) is 0. The molecule has 0 bridgehead atoms. The number of alkyl halides is 2. The predicted octanol–water partition coefficient (Wildman–Crippen LogP) is 2.14. The summed E-state index contributed by atoms with van der Waals surface area (Å²) in [5, 5.41) is 0. The summed E-state index contributed by atoms with van der Waals surface area (Å²) in [7, 11) is 0. The normalized spacial score (nSPS) is 12.0. The molecule has 0 heterocycles. The molecule has 0 fully saturated rings. The Morgan fingerprint density at radius 1 is 1.33 bits per heavy atom. The van der Waals surface area contributed by atoms with Crippen LogP contribution >= 0.6 is 0 Å². The van der Waals surface area contributed by atoms with E-state index >= 15 is 0 Å². The van der Waals surface area contributed by atoms with Gasteiger partial charge in [-0.3, -0.25) is 0 Å². The molecule has 0 aliphatic heterocycles. The van der Waals surface area contributed by atoms with Crippen molar-refractivity contribution in [3.05, 3.63) is 6.36 Å². The van der Waals surface area contributed by atoms with Crippen LogP contribution in [0.25, 0.3) is 0 Å². The van der Waals surface area contributed by atoms with Crippen LogP contribution in [0.1, 0.15) is 13.8 Å². The average molecular weight is 141 g/mol. The molecule has 0 spiro atoms. The molecule has 0 unspecified atom stereocenters. The van der Waals surface area contributed by atoms with Gasteiger partial charge in [0.2, 0.25) is 0 Å². The highest BCUT2D eigenvalue weighted by Crippen LogP contribution is 2.16. The Hall–Kier alpha value is -0.250. The Bertz CT molecular complexity index is 74.6. The summed E-state index contributed by atoms with van der Waals surface area (Å²) >= 11 is 0. The summed E-state index contributed by atoms with van der Waals surface area (Å²) in [5.74, 6) is 0. The lowest BCUT2D eigenvalue weighted by atomic mass is 10.5. The fourth-order valence-electron chi connectivity index (χ4n) is 0.277. The highest BCUT2D eigenvalue weighted by atomic mass is 19.3. The molecule has 0 saturated carbocycles. The van der Waals surface area contributed by atoms with Crippen LogP contribution < -0.4 is 0 Å². The van der Waals surface area contributed by atoms with Crippen LogP contribution in [0.4, 0.5) is 13.2 Å².